The number of aliphatic hydroxyl groups is 1. The molecule has 5 nitrogen and oxygen atoms in total. The van der Waals surface area contributed by atoms with Crippen LogP contribution in [-0.4, -0.2) is 40.2 Å². The SMILES string of the molecule is CC(=O)COc1cccc2c(CS(=O)CC(O)COc3ccccc3)cccc12. The second-order valence-corrected chi connectivity index (χ2v) is 8.29. The van der Waals surface area contributed by atoms with Gasteiger partial charge in [0.15, 0.2) is 5.78 Å². The van der Waals surface area contributed by atoms with E-state index >= 15 is 0 Å². The number of Topliss-reactive ketones (excluding diaryl/α,β-unsaturated/α-hetero) is 1. The first-order valence-corrected chi connectivity index (χ1v) is 10.9. The number of ether oxygens (including phenoxy) is 2. The molecule has 0 aliphatic rings. The summed E-state index contributed by atoms with van der Waals surface area (Å²) in [6.07, 6.45) is -0.819. The molecule has 0 saturated carbocycles. The third-order valence-electron chi connectivity index (χ3n) is 4.28. The minimum absolute atomic E-state index is 0.0167. The average molecular weight is 413 g/mol. The molecule has 2 unspecified atom stereocenters. The summed E-state index contributed by atoms with van der Waals surface area (Å²) in [5.41, 5.74) is 0.908. The molecule has 0 spiro atoms. The Labute approximate surface area is 172 Å². The second kappa shape index (κ2) is 10.2. The standard InChI is InChI=1S/C23H24O5S/c1-17(24)13-28-23-12-6-10-21-18(7-5-11-22(21)23)15-29(26)16-19(25)14-27-20-8-3-2-4-9-20/h2-12,19,25H,13-16H2,1H3. The quantitative estimate of drug-likeness (QED) is 0.552. The Morgan fingerprint density at radius 3 is 2.45 bits per heavy atom. The van der Waals surface area contributed by atoms with Gasteiger partial charge in [-0.05, 0) is 36.1 Å². The van der Waals surface area contributed by atoms with Crippen molar-refractivity contribution < 1.29 is 23.6 Å². The Kier molecular flexibility index (Phi) is 7.38. The van der Waals surface area contributed by atoms with E-state index in [4.69, 9.17) is 9.47 Å². The summed E-state index contributed by atoms with van der Waals surface area (Å²) in [6.45, 7) is 1.59. The summed E-state index contributed by atoms with van der Waals surface area (Å²) in [7, 11) is -1.26. The molecule has 0 amide bonds. The summed E-state index contributed by atoms with van der Waals surface area (Å²) in [6, 6.07) is 20.5. The van der Waals surface area contributed by atoms with E-state index in [1.807, 2.05) is 66.7 Å². The van der Waals surface area contributed by atoms with E-state index in [1.54, 1.807) is 0 Å². The number of fused-ring (bicyclic) bond motifs is 1. The maximum Gasteiger partial charge on any atom is 0.167 e. The minimum Gasteiger partial charge on any atom is -0.491 e. The molecule has 29 heavy (non-hydrogen) atoms. The van der Waals surface area contributed by atoms with Crippen molar-refractivity contribution in [2.24, 2.45) is 0 Å². The van der Waals surface area contributed by atoms with E-state index in [0.29, 0.717) is 17.3 Å². The van der Waals surface area contributed by atoms with Gasteiger partial charge in [-0.1, -0.05) is 48.5 Å². The van der Waals surface area contributed by atoms with Crippen molar-refractivity contribution in [3.05, 3.63) is 72.3 Å². The molecule has 3 aromatic rings. The molecule has 0 fully saturated rings. The lowest BCUT2D eigenvalue weighted by Gasteiger charge is -2.14. The predicted molar refractivity (Wildman–Crippen MR) is 115 cm³/mol. The normalized spacial score (nSPS) is 13.0. The summed E-state index contributed by atoms with van der Waals surface area (Å²) in [4.78, 5) is 11.2. The lowest BCUT2D eigenvalue weighted by Crippen LogP contribution is -2.25. The maximum absolute atomic E-state index is 12.6. The molecule has 0 bridgehead atoms. The molecular weight excluding hydrogens is 388 g/mol. The zero-order chi connectivity index (χ0) is 20.6. The smallest absolute Gasteiger partial charge is 0.167 e. The van der Waals surface area contributed by atoms with Gasteiger partial charge in [-0.3, -0.25) is 9.00 Å². The van der Waals surface area contributed by atoms with Crippen LogP contribution in [0.3, 0.4) is 0 Å². The van der Waals surface area contributed by atoms with Crippen molar-refractivity contribution in [3.8, 4) is 11.5 Å². The Bertz CT molecular complexity index is 987. The number of aliphatic hydroxyl groups excluding tert-OH is 1. The van der Waals surface area contributed by atoms with E-state index < -0.39 is 16.9 Å². The maximum atomic E-state index is 12.6. The molecule has 3 aromatic carbocycles. The van der Waals surface area contributed by atoms with Crippen LogP contribution < -0.4 is 9.47 Å². The van der Waals surface area contributed by atoms with Crippen molar-refractivity contribution in [3.63, 3.8) is 0 Å². The second-order valence-electron chi connectivity index (χ2n) is 6.79. The highest BCUT2D eigenvalue weighted by molar-refractivity contribution is 7.84. The number of hydrogen-bond acceptors (Lipinski definition) is 5. The largest absolute Gasteiger partial charge is 0.491 e. The molecule has 0 radical (unpaired) electrons. The fourth-order valence-corrected chi connectivity index (χ4v) is 4.22. The van der Waals surface area contributed by atoms with Crippen LogP contribution in [0.15, 0.2) is 66.7 Å². The topological polar surface area (TPSA) is 72.8 Å². The Hall–Kier alpha value is -2.70. The van der Waals surface area contributed by atoms with Gasteiger partial charge in [-0.25, -0.2) is 0 Å². The van der Waals surface area contributed by atoms with Crippen LogP contribution in [0.5, 0.6) is 11.5 Å². The van der Waals surface area contributed by atoms with Crippen LogP contribution in [0, 0.1) is 0 Å². The Morgan fingerprint density at radius 1 is 0.966 bits per heavy atom. The fraction of sp³-hybridized carbons (Fsp3) is 0.261. The number of carbonyl (C=O) groups excluding carboxylic acids is 1. The van der Waals surface area contributed by atoms with Crippen LogP contribution in [-0.2, 0) is 21.3 Å². The summed E-state index contributed by atoms with van der Waals surface area (Å²) in [5, 5.41) is 12.0. The van der Waals surface area contributed by atoms with Gasteiger partial charge in [-0.2, -0.15) is 0 Å². The number of rotatable bonds is 10. The van der Waals surface area contributed by atoms with E-state index in [-0.39, 0.29) is 24.7 Å². The molecule has 0 saturated heterocycles. The van der Waals surface area contributed by atoms with Crippen LogP contribution in [0.1, 0.15) is 12.5 Å². The summed E-state index contributed by atoms with van der Waals surface area (Å²) < 4.78 is 23.7. The first-order valence-electron chi connectivity index (χ1n) is 9.36. The van der Waals surface area contributed by atoms with E-state index in [2.05, 4.69) is 0 Å². The van der Waals surface area contributed by atoms with Gasteiger partial charge in [0.05, 0.1) is 11.9 Å². The highest BCUT2D eigenvalue weighted by atomic mass is 32.2. The molecule has 0 aliphatic carbocycles. The summed E-state index contributed by atoms with van der Waals surface area (Å²) >= 11 is 0. The van der Waals surface area contributed by atoms with Crippen LogP contribution >= 0.6 is 0 Å². The van der Waals surface area contributed by atoms with Crippen molar-refractivity contribution in [1.82, 2.24) is 0 Å². The van der Waals surface area contributed by atoms with Gasteiger partial charge in [0.1, 0.15) is 24.7 Å². The van der Waals surface area contributed by atoms with Crippen molar-refractivity contribution in [2.75, 3.05) is 19.0 Å². The van der Waals surface area contributed by atoms with Crippen LogP contribution in [0.25, 0.3) is 10.8 Å². The van der Waals surface area contributed by atoms with Gasteiger partial charge < -0.3 is 14.6 Å². The zero-order valence-corrected chi connectivity index (χ0v) is 17.1. The molecule has 0 aromatic heterocycles. The first kappa shape index (κ1) is 21.0. The Morgan fingerprint density at radius 2 is 1.69 bits per heavy atom. The molecule has 2 atom stereocenters. The number of ketones is 1. The summed E-state index contributed by atoms with van der Waals surface area (Å²) in [5.74, 6) is 1.69. The lowest BCUT2D eigenvalue weighted by atomic mass is 10.0. The molecule has 6 heteroatoms. The highest BCUT2D eigenvalue weighted by Crippen LogP contribution is 2.28. The van der Waals surface area contributed by atoms with E-state index in [0.717, 1.165) is 16.3 Å². The van der Waals surface area contributed by atoms with Crippen molar-refractivity contribution in [2.45, 2.75) is 18.8 Å². The lowest BCUT2D eigenvalue weighted by molar-refractivity contribution is -0.118. The number of benzene rings is 3. The van der Waals surface area contributed by atoms with Gasteiger partial charge in [0.25, 0.3) is 0 Å². The van der Waals surface area contributed by atoms with Crippen LogP contribution in [0.2, 0.25) is 0 Å². The molecule has 3 rings (SSSR count). The molecule has 0 heterocycles. The Balaban J connectivity index is 1.63. The first-order chi connectivity index (χ1) is 14.0. The average Bonchev–Trinajstić information content (AvgIpc) is 2.71. The van der Waals surface area contributed by atoms with Crippen LogP contribution in [0.4, 0.5) is 0 Å². The zero-order valence-electron chi connectivity index (χ0n) is 16.2. The highest BCUT2D eigenvalue weighted by Gasteiger charge is 2.14. The van der Waals surface area contributed by atoms with Gasteiger partial charge in [0.2, 0.25) is 0 Å². The number of para-hydroxylation sites is 1. The van der Waals surface area contributed by atoms with Gasteiger partial charge in [0, 0.05) is 21.9 Å². The third kappa shape index (κ3) is 6.14. The van der Waals surface area contributed by atoms with Crippen molar-refractivity contribution in [1.29, 1.82) is 0 Å². The molecule has 0 aliphatic heterocycles. The minimum atomic E-state index is -1.26. The molecule has 152 valence electrons. The van der Waals surface area contributed by atoms with Crippen molar-refractivity contribution >= 4 is 27.4 Å². The van der Waals surface area contributed by atoms with Gasteiger partial charge in [-0.15, -0.1) is 0 Å². The predicted octanol–water partition coefficient (Wildman–Crippen LogP) is 3.50. The molecular formula is C23H24O5S. The monoisotopic (exact) mass is 412 g/mol. The van der Waals surface area contributed by atoms with E-state index in [1.165, 1.54) is 6.92 Å². The van der Waals surface area contributed by atoms with Gasteiger partial charge >= 0.3 is 0 Å². The molecule has 1 N–H and O–H groups in total. The third-order valence-corrected chi connectivity index (χ3v) is 5.67. The fourth-order valence-electron chi connectivity index (χ4n) is 2.98. The number of carbonyl (C=O) groups is 1. The van der Waals surface area contributed by atoms with E-state index in [9.17, 15) is 14.1 Å². The number of hydrogen-bond donors (Lipinski definition) is 1.